The van der Waals surface area contributed by atoms with Gasteiger partial charge in [-0.2, -0.15) is 0 Å². The Balaban J connectivity index is 1.59. The van der Waals surface area contributed by atoms with Gasteiger partial charge in [0.15, 0.2) is 0 Å². The summed E-state index contributed by atoms with van der Waals surface area (Å²) >= 11 is 1.58. The molecule has 1 heterocycles. The molecule has 126 valence electrons. The van der Waals surface area contributed by atoms with E-state index in [4.69, 9.17) is 4.74 Å². The summed E-state index contributed by atoms with van der Waals surface area (Å²) in [6.45, 7) is 0. The van der Waals surface area contributed by atoms with Gasteiger partial charge < -0.3 is 4.74 Å². The van der Waals surface area contributed by atoms with Crippen LogP contribution in [0, 0.1) is 0 Å². The molecule has 0 N–H and O–H groups in total. The monoisotopic (exact) mass is 357 g/mol. The third-order valence-corrected chi connectivity index (χ3v) is 4.90. The molecular weight excluding hydrogens is 342 g/mol. The van der Waals surface area contributed by atoms with Crippen LogP contribution in [0.4, 0.5) is 0 Å². The van der Waals surface area contributed by atoms with E-state index in [0.29, 0.717) is 5.75 Å². The second-order valence-corrected chi connectivity index (χ2v) is 6.68. The van der Waals surface area contributed by atoms with E-state index in [1.807, 2.05) is 72.8 Å². The summed E-state index contributed by atoms with van der Waals surface area (Å²) in [4.78, 5) is 16.9. The fraction of sp³-hybridized carbons (Fsp3) is 0. The lowest BCUT2D eigenvalue weighted by molar-refractivity contribution is -0.128. The molecule has 0 spiro atoms. The lowest BCUT2D eigenvalue weighted by atomic mass is 10.2. The molecule has 26 heavy (non-hydrogen) atoms. The van der Waals surface area contributed by atoms with E-state index < -0.39 is 5.97 Å². The van der Waals surface area contributed by atoms with Gasteiger partial charge in [0.1, 0.15) is 10.8 Å². The minimum atomic E-state index is -0.414. The van der Waals surface area contributed by atoms with E-state index in [2.05, 4.69) is 4.98 Å². The molecule has 0 aliphatic heterocycles. The number of rotatable bonds is 4. The SMILES string of the molecule is O=C(/C=C/c1ccccc1)Oc1ccccc1-c1nc2ccccc2s1. The van der Waals surface area contributed by atoms with Crippen molar-refractivity contribution in [1.29, 1.82) is 0 Å². The maximum absolute atomic E-state index is 12.2. The molecule has 4 heteroatoms. The Labute approximate surface area is 155 Å². The molecule has 0 aliphatic rings. The molecule has 0 unspecified atom stereocenters. The molecule has 0 saturated heterocycles. The number of hydrogen-bond acceptors (Lipinski definition) is 4. The number of aromatic nitrogens is 1. The van der Waals surface area contributed by atoms with Crippen LogP contribution in [0.15, 0.2) is 84.9 Å². The van der Waals surface area contributed by atoms with Crippen LogP contribution in [-0.2, 0) is 4.79 Å². The number of ether oxygens (including phenoxy) is 1. The highest BCUT2D eigenvalue weighted by molar-refractivity contribution is 7.21. The quantitative estimate of drug-likeness (QED) is 0.272. The van der Waals surface area contributed by atoms with Gasteiger partial charge in [0, 0.05) is 6.08 Å². The highest BCUT2D eigenvalue weighted by Crippen LogP contribution is 2.35. The first-order valence-electron chi connectivity index (χ1n) is 8.19. The van der Waals surface area contributed by atoms with Crippen molar-refractivity contribution in [3.05, 3.63) is 90.5 Å². The number of carbonyl (C=O) groups excluding carboxylic acids is 1. The molecule has 4 aromatic rings. The third-order valence-electron chi connectivity index (χ3n) is 3.83. The third kappa shape index (κ3) is 3.55. The second-order valence-electron chi connectivity index (χ2n) is 5.65. The zero-order chi connectivity index (χ0) is 17.8. The number of thiazole rings is 1. The minimum Gasteiger partial charge on any atom is -0.423 e. The standard InChI is InChI=1S/C22H15NO2S/c24-21(15-14-16-8-2-1-3-9-16)25-19-12-6-4-10-17(19)22-23-18-11-5-7-13-20(18)26-22/h1-15H/b15-14+. The topological polar surface area (TPSA) is 39.2 Å². The number of benzene rings is 3. The molecule has 0 aliphatic carbocycles. The maximum Gasteiger partial charge on any atom is 0.336 e. The van der Waals surface area contributed by atoms with Crippen LogP contribution in [-0.4, -0.2) is 11.0 Å². The molecular formula is C22H15NO2S. The normalized spacial score (nSPS) is 11.1. The molecule has 0 saturated carbocycles. The molecule has 0 amide bonds. The maximum atomic E-state index is 12.2. The summed E-state index contributed by atoms with van der Waals surface area (Å²) in [7, 11) is 0. The van der Waals surface area contributed by atoms with Gasteiger partial charge in [-0.1, -0.05) is 54.6 Å². The van der Waals surface area contributed by atoms with Crippen molar-refractivity contribution in [3.63, 3.8) is 0 Å². The fourth-order valence-corrected chi connectivity index (χ4v) is 3.59. The van der Waals surface area contributed by atoms with Gasteiger partial charge >= 0.3 is 5.97 Å². The van der Waals surface area contributed by atoms with Crippen LogP contribution in [0.3, 0.4) is 0 Å². The van der Waals surface area contributed by atoms with Gasteiger partial charge in [-0.25, -0.2) is 9.78 Å². The Bertz CT molecular complexity index is 1050. The van der Waals surface area contributed by atoms with Crippen molar-refractivity contribution in [2.24, 2.45) is 0 Å². The number of esters is 1. The average molecular weight is 357 g/mol. The molecule has 4 rings (SSSR count). The zero-order valence-electron chi connectivity index (χ0n) is 13.8. The predicted molar refractivity (Wildman–Crippen MR) is 106 cm³/mol. The minimum absolute atomic E-state index is 0.414. The Morgan fingerprint density at radius 3 is 2.46 bits per heavy atom. The summed E-state index contributed by atoms with van der Waals surface area (Å²) in [6, 6.07) is 25.1. The summed E-state index contributed by atoms with van der Waals surface area (Å²) in [5.41, 5.74) is 2.71. The smallest absolute Gasteiger partial charge is 0.336 e. The van der Waals surface area contributed by atoms with Gasteiger partial charge in [-0.3, -0.25) is 0 Å². The summed E-state index contributed by atoms with van der Waals surface area (Å²) in [6.07, 6.45) is 3.17. The van der Waals surface area contributed by atoms with Crippen LogP contribution in [0.5, 0.6) is 5.75 Å². The number of carbonyl (C=O) groups is 1. The summed E-state index contributed by atoms with van der Waals surface area (Å²) < 4.78 is 6.66. The Morgan fingerprint density at radius 2 is 1.62 bits per heavy atom. The van der Waals surface area contributed by atoms with Crippen molar-refractivity contribution in [2.75, 3.05) is 0 Å². The van der Waals surface area contributed by atoms with Crippen molar-refractivity contribution < 1.29 is 9.53 Å². The largest absolute Gasteiger partial charge is 0.423 e. The van der Waals surface area contributed by atoms with Gasteiger partial charge in [0.05, 0.1) is 15.8 Å². The zero-order valence-corrected chi connectivity index (χ0v) is 14.6. The first-order valence-corrected chi connectivity index (χ1v) is 9.01. The molecule has 3 nitrogen and oxygen atoms in total. The number of nitrogens with zero attached hydrogens (tertiary/aromatic N) is 1. The van der Waals surface area contributed by atoms with Crippen molar-refractivity contribution in [1.82, 2.24) is 4.98 Å². The Kier molecular flexibility index (Phi) is 4.58. The van der Waals surface area contributed by atoms with Gasteiger partial charge in [0.2, 0.25) is 0 Å². The van der Waals surface area contributed by atoms with Crippen LogP contribution in [0.1, 0.15) is 5.56 Å². The van der Waals surface area contributed by atoms with Crippen molar-refractivity contribution in [3.8, 4) is 16.3 Å². The highest BCUT2D eigenvalue weighted by Gasteiger charge is 2.13. The van der Waals surface area contributed by atoms with E-state index in [-0.39, 0.29) is 0 Å². The van der Waals surface area contributed by atoms with E-state index in [9.17, 15) is 4.79 Å². The summed E-state index contributed by atoms with van der Waals surface area (Å²) in [5.74, 6) is 0.0941. The second kappa shape index (κ2) is 7.33. The van der Waals surface area contributed by atoms with Crippen LogP contribution < -0.4 is 4.74 Å². The van der Waals surface area contributed by atoms with Crippen LogP contribution in [0.2, 0.25) is 0 Å². The molecule has 0 fully saturated rings. The molecule has 0 bridgehead atoms. The predicted octanol–water partition coefficient (Wildman–Crippen LogP) is 5.58. The molecule has 0 radical (unpaired) electrons. The molecule has 3 aromatic carbocycles. The van der Waals surface area contributed by atoms with E-state index in [1.165, 1.54) is 6.08 Å². The molecule has 0 atom stereocenters. The highest BCUT2D eigenvalue weighted by atomic mass is 32.1. The number of hydrogen-bond donors (Lipinski definition) is 0. The average Bonchev–Trinajstić information content (AvgIpc) is 3.12. The van der Waals surface area contributed by atoms with Crippen molar-refractivity contribution >= 4 is 33.6 Å². The van der Waals surface area contributed by atoms with Crippen LogP contribution >= 0.6 is 11.3 Å². The van der Waals surface area contributed by atoms with E-state index >= 15 is 0 Å². The first kappa shape index (κ1) is 16.2. The van der Waals surface area contributed by atoms with Gasteiger partial charge in [0.25, 0.3) is 0 Å². The lowest BCUT2D eigenvalue weighted by Gasteiger charge is -2.06. The van der Waals surface area contributed by atoms with Crippen LogP contribution in [0.25, 0.3) is 26.9 Å². The summed E-state index contributed by atoms with van der Waals surface area (Å²) in [5, 5.41) is 0.835. The number of fused-ring (bicyclic) bond motifs is 1. The fourth-order valence-electron chi connectivity index (χ4n) is 2.59. The van der Waals surface area contributed by atoms with Gasteiger partial charge in [-0.15, -0.1) is 11.3 Å². The molecule has 1 aromatic heterocycles. The number of para-hydroxylation sites is 2. The van der Waals surface area contributed by atoms with E-state index in [1.54, 1.807) is 23.5 Å². The Morgan fingerprint density at radius 1 is 0.885 bits per heavy atom. The first-order chi connectivity index (χ1) is 12.8. The van der Waals surface area contributed by atoms with E-state index in [0.717, 1.165) is 26.4 Å². The lowest BCUT2D eigenvalue weighted by Crippen LogP contribution is -2.04. The van der Waals surface area contributed by atoms with Crippen molar-refractivity contribution in [2.45, 2.75) is 0 Å². The van der Waals surface area contributed by atoms with Gasteiger partial charge in [-0.05, 0) is 35.9 Å². The Hall–Kier alpha value is -3.24.